The predicted octanol–water partition coefficient (Wildman–Crippen LogP) is 0.756. The molecule has 3 nitrogen and oxygen atoms in total. The molecule has 2 N–H and O–H groups in total. The van der Waals surface area contributed by atoms with E-state index in [1.165, 1.54) is 19.4 Å². The molecule has 0 aromatic heterocycles. The van der Waals surface area contributed by atoms with Gasteiger partial charge in [0.05, 0.1) is 0 Å². The molecule has 0 radical (unpaired) electrons. The van der Waals surface area contributed by atoms with E-state index < -0.39 is 0 Å². The van der Waals surface area contributed by atoms with Crippen molar-refractivity contribution in [2.75, 3.05) is 39.3 Å². The first-order valence-corrected chi connectivity index (χ1v) is 6.42. The maximum atomic E-state index is 3.44. The molecule has 2 aliphatic rings. The van der Waals surface area contributed by atoms with Gasteiger partial charge in [0.25, 0.3) is 0 Å². The van der Waals surface area contributed by atoms with Gasteiger partial charge in [-0.1, -0.05) is 24.3 Å². The zero-order valence-corrected chi connectivity index (χ0v) is 9.99. The summed E-state index contributed by atoms with van der Waals surface area (Å²) in [4.78, 5) is 2.60. The average Bonchev–Trinajstić information content (AvgIpc) is 2.18. The monoisotopic (exact) mass is 221 g/mol. The van der Waals surface area contributed by atoms with Crippen LogP contribution in [-0.2, 0) is 0 Å². The van der Waals surface area contributed by atoms with Gasteiger partial charge < -0.3 is 10.6 Å². The number of nitrogens with zero attached hydrogens (tertiary/aromatic N) is 1. The second-order valence-electron chi connectivity index (χ2n) is 4.52. The summed E-state index contributed by atoms with van der Waals surface area (Å²) in [6, 6.07) is 0.702. The molecule has 2 rings (SSSR count). The van der Waals surface area contributed by atoms with E-state index in [9.17, 15) is 0 Å². The molecule has 90 valence electrons. The fourth-order valence-electron chi connectivity index (χ4n) is 2.36. The summed E-state index contributed by atoms with van der Waals surface area (Å²) < 4.78 is 0. The van der Waals surface area contributed by atoms with Crippen LogP contribution in [0.25, 0.3) is 0 Å². The van der Waals surface area contributed by atoms with Crippen molar-refractivity contribution >= 4 is 0 Å². The topological polar surface area (TPSA) is 27.3 Å². The van der Waals surface area contributed by atoms with E-state index in [2.05, 4.69) is 39.8 Å². The van der Waals surface area contributed by atoms with E-state index in [4.69, 9.17) is 0 Å². The van der Waals surface area contributed by atoms with Gasteiger partial charge in [-0.25, -0.2) is 0 Å². The quantitative estimate of drug-likeness (QED) is 0.640. The van der Waals surface area contributed by atoms with Crippen LogP contribution in [0.15, 0.2) is 24.3 Å². The van der Waals surface area contributed by atoms with Crippen LogP contribution in [0.4, 0.5) is 0 Å². The molecule has 0 spiro atoms. The van der Waals surface area contributed by atoms with Crippen LogP contribution >= 0.6 is 0 Å². The van der Waals surface area contributed by atoms with Gasteiger partial charge in [0.15, 0.2) is 0 Å². The van der Waals surface area contributed by atoms with Crippen molar-refractivity contribution in [3.05, 3.63) is 24.3 Å². The minimum absolute atomic E-state index is 0.702. The van der Waals surface area contributed by atoms with E-state index in [-0.39, 0.29) is 0 Å². The highest BCUT2D eigenvalue weighted by Gasteiger charge is 2.16. The Morgan fingerprint density at radius 2 is 1.75 bits per heavy atom. The van der Waals surface area contributed by atoms with E-state index >= 15 is 0 Å². The molecule has 0 amide bonds. The third-order valence-corrected chi connectivity index (χ3v) is 3.35. The zero-order chi connectivity index (χ0) is 11.1. The molecule has 0 saturated heterocycles. The summed E-state index contributed by atoms with van der Waals surface area (Å²) in [5.74, 6) is 0. The number of nitrogens with one attached hydrogen (secondary N) is 2. The van der Waals surface area contributed by atoms with Gasteiger partial charge in [0, 0.05) is 38.8 Å². The standard InChI is InChI=1S/C13H23N3/c1-2-7-14-9-6-13(5-1)16-11-4-3-8-15-10-12-16/h1-4,13-15H,5-12H2/b2-1?,4-3+. The molecule has 2 aliphatic heterocycles. The molecule has 0 bridgehead atoms. The van der Waals surface area contributed by atoms with E-state index in [0.717, 1.165) is 32.7 Å². The van der Waals surface area contributed by atoms with Crippen LogP contribution in [0.2, 0.25) is 0 Å². The number of hydrogen-bond donors (Lipinski definition) is 2. The Morgan fingerprint density at radius 3 is 2.69 bits per heavy atom. The normalized spacial score (nSPS) is 31.1. The van der Waals surface area contributed by atoms with E-state index in [1.54, 1.807) is 0 Å². The van der Waals surface area contributed by atoms with Gasteiger partial charge in [0.1, 0.15) is 0 Å². The summed E-state index contributed by atoms with van der Waals surface area (Å²) >= 11 is 0. The predicted molar refractivity (Wildman–Crippen MR) is 68.6 cm³/mol. The van der Waals surface area contributed by atoms with Gasteiger partial charge in [-0.3, -0.25) is 4.90 Å². The Labute approximate surface area is 98.6 Å². The Kier molecular flexibility index (Phi) is 5.06. The van der Waals surface area contributed by atoms with Crippen molar-refractivity contribution in [3.63, 3.8) is 0 Å². The molecule has 1 atom stereocenters. The molecule has 3 heteroatoms. The van der Waals surface area contributed by atoms with Crippen LogP contribution in [0.5, 0.6) is 0 Å². The lowest BCUT2D eigenvalue weighted by Crippen LogP contribution is -2.42. The van der Waals surface area contributed by atoms with Crippen molar-refractivity contribution in [2.24, 2.45) is 0 Å². The third-order valence-electron chi connectivity index (χ3n) is 3.35. The Hall–Kier alpha value is -0.640. The average molecular weight is 221 g/mol. The van der Waals surface area contributed by atoms with Crippen LogP contribution in [0, 0.1) is 0 Å². The SMILES string of the molecule is C1=CCC(N2C/C=C/CNCC2)CCNC1. The zero-order valence-electron chi connectivity index (χ0n) is 9.99. The molecule has 0 aromatic rings. The molecule has 0 fully saturated rings. The molecule has 0 saturated carbocycles. The summed E-state index contributed by atoms with van der Waals surface area (Å²) in [5, 5.41) is 6.86. The highest BCUT2D eigenvalue weighted by molar-refractivity contribution is 4.95. The Bertz CT molecular complexity index is 222. The van der Waals surface area contributed by atoms with Gasteiger partial charge in [-0.05, 0) is 19.4 Å². The summed E-state index contributed by atoms with van der Waals surface area (Å²) in [7, 11) is 0. The molecule has 0 aromatic carbocycles. The van der Waals surface area contributed by atoms with Gasteiger partial charge >= 0.3 is 0 Å². The summed E-state index contributed by atoms with van der Waals surface area (Å²) in [5.41, 5.74) is 0. The first kappa shape index (κ1) is 11.8. The van der Waals surface area contributed by atoms with E-state index in [0.29, 0.717) is 6.04 Å². The summed E-state index contributed by atoms with van der Waals surface area (Å²) in [6.45, 7) is 6.60. The summed E-state index contributed by atoms with van der Waals surface area (Å²) in [6.07, 6.45) is 11.6. The molecular weight excluding hydrogens is 198 g/mol. The molecular formula is C13H23N3. The Balaban J connectivity index is 1.91. The molecule has 2 heterocycles. The molecule has 16 heavy (non-hydrogen) atoms. The fraction of sp³-hybridized carbons (Fsp3) is 0.692. The smallest absolute Gasteiger partial charge is 0.0167 e. The maximum Gasteiger partial charge on any atom is 0.0167 e. The van der Waals surface area contributed by atoms with Crippen molar-refractivity contribution in [1.29, 1.82) is 0 Å². The molecule has 0 aliphatic carbocycles. The van der Waals surface area contributed by atoms with Crippen LogP contribution in [0.1, 0.15) is 12.8 Å². The lowest BCUT2D eigenvalue weighted by molar-refractivity contribution is 0.204. The highest BCUT2D eigenvalue weighted by atomic mass is 15.2. The lowest BCUT2D eigenvalue weighted by Gasteiger charge is -2.32. The lowest BCUT2D eigenvalue weighted by atomic mass is 10.1. The van der Waals surface area contributed by atoms with Crippen molar-refractivity contribution in [3.8, 4) is 0 Å². The second-order valence-corrected chi connectivity index (χ2v) is 4.52. The van der Waals surface area contributed by atoms with Crippen molar-refractivity contribution in [2.45, 2.75) is 18.9 Å². The van der Waals surface area contributed by atoms with Gasteiger partial charge in [-0.15, -0.1) is 0 Å². The van der Waals surface area contributed by atoms with Gasteiger partial charge in [0.2, 0.25) is 0 Å². The number of rotatable bonds is 1. The highest BCUT2D eigenvalue weighted by Crippen LogP contribution is 2.11. The van der Waals surface area contributed by atoms with E-state index in [1.807, 2.05) is 0 Å². The van der Waals surface area contributed by atoms with Crippen LogP contribution in [-0.4, -0.2) is 50.2 Å². The first-order chi connectivity index (χ1) is 7.97. The largest absolute Gasteiger partial charge is 0.313 e. The fourth-order valence-corrected chi connectivity index (χ4v) is 2.36. The van der Waals surface area contributed by atoms with Crippen molar-refractivity contribution < 1.29 is 0 Å². The molecule has 1 unspecified atom stereocenters. The second kappa shape index (κ2) is 6.84. The first-order valence-electron chi connectivity index (χ1n) is 6.42. The van der Waals surface area contributed by atoms with Crippen molar-refractivity contribution in [1.82, 2.24) is 15.5 Å². The van der Waals surface area contributed by atoms with Crippen LogP contribution < -0.4 is 10.6 Å². The minimum Gasteiger partial charge on any atom is -0.313 e. The third kappa shape index (κ3) is 3.74. The number of hydrogen-bond acceptors (Lipinski definition) is 3. The van der Waals surface area contributed by atoms with Crippen LogP contribution in [0.3, 0.4) is 0 Å². The maximum absolute atomic E-state index is 3.44. The Morgan fingerprint density at radius 1 is 0.938 bits per heavy atom. The van der Waals surface area contributed by atoms with Gasteiger partial charge in [-0.2, -0.15) is 0 Å². The minimum atomic E-state index is 0.702.